The van der Waals surface area contributed by atoms with Crippen LogP contribution in [0.25, 0.3) is 0 Å². The number of esters is 1. The zero-order valence-corrected chi connectivity index (χ0v) is 17.7. The number of carbonyl (C=O) groups is 1. The number of thiol groups is 1. The number of rotatable bonds is 5. The monoisotopic (exact) mass is 450 g/mol. The lowest BCUT2D eigenvalue weighted by Gasteiger charge is -2.48. The maximum absolute atomic E-state index is 15.6. The topological polar surface area (TPSA) is 26.3 Å². The second kappa shape index (κ2) is 9.05. The van der Waals surface area contributed by atoms with Gasteiger partial charge in [0.25, 0.3) is 0 Å². The van der Waals surface area contributed by atoms with Crippen LogP contribution in [-0.4, -0.2) is 35.8 Å². The summed E-state index contributed by atoms with van der Waals surface area (Å²) in [6.07, 6.45) is -6.76. The Kier molecular flexibility index (Phi) is 7.04. The first-order chi connectivity index (χ1) is 14.1. The van der Waals surface area contributed by atoms with E-state index < -0.39 is 48.2 Å². The third-order valence-electron chi connectivity index (χ3n) is 6.63. The van der Waals surface area contributed by atoms with Crippen molar-refractivity contribution in [2.75, 3.05) is 0 Å². The average Bonchev–Trinajstić information content (AvgIpc) is 2.73. The minimum absolute atomic E-state index is 0.126. The Balaban J connectivity index is 1.74. The number of alkyl halides is 5. The van der Waals surface area contributed by atoms with E-state index in [2.05, 4.69) is 12.6 Å². The smallest absolute Gasteiger partial charge is 0.352 e. The Morgan fingerprint density at radius 2 is 1.67 bits per heavy atom. The Labute approximate surface area is 179 Å². The molecule has 0 aliphatic heterocycles. The van der Waals surface area contributed by atoms with E-state index in [1.807, 2.05) is 6.92 Å². The highest BCUT2D eigenvalue weighted by atomic mass is 32.1. The Bertz CT molecular complexity index is 740. The molecule has 2 aliphatic carbocycles. The van der Waals surface area contributed by atoms with Crippen molar-refractivity contribution < 1.29 is 31.5 Å². The minimum Gasteiger partial charge on any atom is -0.424 e. The third-order valence-corrected chi connectivity index (χ3v) is 6.93. The molecule has 1 aromatic carbocycles. The molecule has 0 N–H and O–H groups in total. The van der Waals surface area contributed by atoms with Crippen LogP contribution in [0.15, 0.2) is 29.2 Å². The molecule has 2 saturated carbocycles. The van der Waals surface area contributed by atoms with Crippen LogP contribution in [0.3, 0.4) is 0 Å². The van der Waals surface area contributed by atoms with Crippen LogP contribution in [-0.2, 0) is 4.79 Å². The minimum atomic E-state index is -3.60. The van der Waals surface area contributed by atoms with Crippen LogP contribution in [0.5, 0.6) is 5.75 Å². The first-order valence-electron chi connectivity index (χ1n) is 10.4. The molecular weight excluding hydrogens is 423 g/mol. The summed E-state index contributed by atoms with van der Waals surface area (Å²) < 4.78 is 80.1. The van der Waals surface area contributed by atoms with Gasteiger partial charge in [-0.1, -0.05) is 32.6 Å². The molecule has 2 nitrogen and oxygen atoms in total. The standard InChI is InChI=1S/C22H27F5O2S/c1-2-3-13-4-6-14(7-5-13)22(27)17(23)12-21(26,18(24)19(22)25)20(28)29-15-8-10-16(30)11-9-15/h8-11,13-14,17-19,30H,2-7,12H2,1H3. The van der Waals surface area contributed by atoms with E-state index in [0.29, 0.717) is 23.7 Å². The van der Waals surface area contributed by atoms with E-state index in [0.717, 1.165) is 12.8 Å². The van der Waals surface area contributed by atoms with Crippen LogP contribution in [0.1, 0.15) is 51.9 Å². The molecule has 0 amide bonds. The van der Waals surface area contributed by atoms with Crippen LogP contribution in [0, 0.1) is 11.8 Å². The molecule has 3 rings (SSSR count). The summed E-state index contributed by atoms with van der Waals surface area (Å²) in [6.45, 7) is 2.03. The van der Waals surface area contributed by atoms with E-state index in [9.17, 15) is 18.0 Å². The van der Waals surface area contributed by atoms with Crippen LogP contribution < -0.4 is 4.74 Å². The van der Waals surface area contributed by atoms with Crippen molar-refractivity contribution in [3.05, 3.63) is 24.3 Å². The van der Waals surface area contributed by atoms with Crippen molar-refractivity contribution in [2.45, 2.75) is 86.6 Å². The predicted octanol–water partition coefficient (Wildman–Crippen LogP) is 6.32. The summed E-state index contributed by atoms with van der Waals surface area (Å²) in [5, 5.41) is 0. The fraction of sp³-hybridized carbons (Fsp3) is 0.682. The fourth-order valence-electron chi connectivity index (χ4n) is 4.84. The lowest BCUT2D eigenvalue weighted by Crippen LogP contribution is -2.67. The number of halogens is 5. The van der Waals surface area contributed by atoms with Crippen LogP contribution >= 0.6 is 12.6 Å². The summed E-state index contributed by atoms with van der Waals surface area (Å²) in [7, 11) is 0. The normalized spacial score (nSPS) is 39.5. The average molecular weight is 451 g/mol. The molecule has 0 aromatic heterocycles. The van der Waals surface area contributed by atoms with Gasteiger partial charge in [0, 0.05) is 11.3 Å². The van der Waals surface area contributed by atoms with Gasteiger partial charge in [-0.05, 0) is 48.9 Å². The molecule has 168 valence electrons. The molecule has 2 fully saturated rings. The maximum atomic E-state index is 15.6. The van der Waals surface area contributed by atoms with E-state index in [4.69, 9.17) is 4.74 Å². The fourth-order valence-corrected chi connectivity index (χ4v) is 4.99. The lowest BCUT2D eigenvalue weighted by molar-refractivity contribution is -0.195. The molecule has 0 radical (unpaired) electrons. The first kappa shape index (κ1) is 23.4. The van der Waals surface area contributed by atoms with Crippen molar-refractivity contribution in [3.8, 4) is 5.75 Å². The van der Waals surface area contributed by atoms with Crippen molar-refractivity contribution >= 4 is 18.6 Å². The van der Waals surface area contributed by atoms with Crippen LogP contribution in [0.4, 0.5) is 22.0 Å². The van der Waals surface area contributed by atoms with Gasteiger partial charge in [0.05, 0.1) is 0 Å². The quantitative estimate of drug-likeness (QED) is 0.246. The summed E-state index contributed by atoms with van der Waals surface area (Å²) in [6, 6.07) is 5.46. The summed E-state index contributed by atoms with van der Waals surface area (Å²) in [5.41, 5.74) is -6.76. The van der Waals surface area contributed by atoms with Crippen molar-refractivity contribution in [3.63, 3.8) is 0 Å². The van der Waals surface area contributed by atoms with Gasteiger partial charge in [0.2, 0.25) is 5.67 Å². The zero-order chi connectivity index (χ0) is 22.1. The first-order valence-corrected chi connectivity index (χ1v) is 10.9. The molecule has 0 saturated heterocycles. The number of carbonyl (C=O) groups excluding carboxylic acids is 1. The van der Waals surface area contributed by atoms with Gasteiger partial charge < -0.3 is 4.74 Å². The molecule has 0 spiro atoms. The highest BCUT2D eigenvalue weighted by Gasteiger charge is 2.70. The molecule has 8 heteroatoms. The van der Waals surface area contributed by atoms with Gasteiger partial charge in [-0.25, -0.2) is 26.7 Å². The highest BCUT2D eigenvalue weighted by molar-refractivity contribution is 7.80. The molecule has 5 unspecified atom stereocenters. The predicted molar refractivity (Wildman–Crippen MR) is 107 cm³/mol. The van der Waals surface area contributed by atoms with Crippen molar-refractivity contribution in [1.29, 1.82) is 0 Å². The van der Waals surface area contributed by atoms with Gasteiger partial charge in [-0.2, -0.15) is 0 Å². The molecule has 0 heterocycles. The molecule has 1 aromatic rings. The molecule has 0 bridgehead atoms. The van der Waals surface area contributed by atoms with Crippen molar-refractivity contribution in [1.82, 2.24) is 0 Å². The number of hydrogen-bond donors (Lipinski definition) is 1. The molecule has 30 heavy (non-hydrogen) atoms. The lowest BCUT2D eigenvalue weighted by atomic mass is 9.64. The molecule has 2 aliphatic rings. The summed E-state index contributed by atoms with van der Waals surface area (Å²) >= 11 is 4.05. The SMILES string of the molecule is CCCC1CCC(C2(F)C(F)CC(F)(C(=O)Oc3ccc(S)cc3)C(F)C2F)CC1. The Morgan fingerprint density at radius 1 is 1.07 bits per heavy atom. The van der Waals surface area contributed by atoms with E-state index in [-0.39, 0.29) is 18.6 Å². The Hall–Kier alpha value is -1.31. The molecule has 5 atom stereocenters. The van der Waals surface area contributed by atoms with E-state index >= 15 is 8.78 Å². The van der Waals surface area contributed by atoms with Crippen molar-refractivity contribution in [2.24, 2.45) is 11.8 Å². The van der Waals surface area contributed by atoms with Gasteiger partial charge in [-0.3, -0.25) is 0 Å². The number of benzene rings is 1. The van der Waals surface area contributed by atoms with Gasteiger partial charge in [0.15, 0.2) is 18.0 Å². The van der Waals surface area contributed by atoms with E-state index in [1.165, 1.54) is 24.3 Å². The second-order valence-electron chi connectivity index (χ2n) is 8.55. The van der Waals surface area contributed by atoms with E-state index in [1.54, 1.807) is 0 Å². The number of hydrogen-bond acceptors (Lipinski definition) is 3. The molecular formula is C22H27F5O2S. The summed E-state index contributed by atoms with van der Waals surface area (Å²) in [5.74, 6) is -2.58. The second-order valence-corrected chi connectivity index (χ2v) is 9.07. The third kappa shape index (κ3) is 4.21. The van der Waals surface area contributed by atoms with Crippen LogP contribution in [0.2, 0.25) is 0 Å². The maximum Gasteiger partial charge on any atom is 0.352 e. The zero-order valence-electron chi connectivity index (χ0n) is 16.8. The van der Waals surface area contributed by atoms with Gasteiger partial charge in [0.1, 0.15) is 11.9 Å². The largest absolute Gasteiger partial charge is 0.424 e. The van der Waals surface area contributed by atoms with Gasteiger partial charge >= 0.3 is 5.97 Å². The highest BCUT2D eigenvalue weighted by Crippen LogP contribution is 2.52. The number of ether oxygens (including phenoxy) is 1. The Morgan fingerprint density at radius 3 is 2.23 bits per heavy atom. The summed E-state index contributed by atoms with van der Waals surface area (Å²) in [4.78, 5) is 12.8. The van der Waals surface area contributed by atoms with Gasteiger partial charge in [-0.15, -0.1) is 12.6 Å².